The Hall–Kier alpha value is -3.24. The van der Waals surface area contributed by atoms with Crippen LogP contribution >= 0.6 is 11.3 Å². The van der Waals surface area contributed by atoms with Crippen LogP contribution < -0.4 is 11.1 Å². The van der Waals surface area contributed by atoms with E-state index in [-0.39, 0.29) is 5.41 Å². The standard InChI is InChI=1S/C30H26N2S/c1-3-19(17-32-18-31)27-20(4-2)21-11-5-8-14-24(21)30(27)25-15-9-6-12-22(25)29-28(30)23-13-7-10-16-26(23)33-29/h3-16,32H,2,17-18,31H2,1H3/b19-3-. The van der Waals surface area contributed by atoms with E-state index in [1.807, 2.05) is 17.4 Å². The van der Waals surface area contributed by atoms with Gasteiger partial charge in [-0.3, -0.25) is 0 Å². The molecule has 3 aromatic carbocycles. The van der Waals surface area contributed by atoms with Crippen LogP contribution in [-0.2, 0) is 5.41 Å². The fraction of sp³-hybridized carbons (Fsp3) is 0.133. The number of fused-ring (bicyclic) bond motifs is 9. The van der Waals surface area contributed by atoms with Crippen LogP contribution in [0.1, 0.15) is 29.2 Å². The summed E-state index contributed by atoms with van der Waals surface area (Å²) in [4.78, 5) is 1.38. The molecule has 0 amide bonds. The lowest BCUT2D eigenvalue weighted by molar-refractivity contribution is 0.722. The molecule has 0 aliphatic heterocycles. The Bertz CT molecular complexity index is 1490. The van der Waals surface area contributed by atoms with Crippen molar-refractivity contribution in [2.75, 3.05) is 13.2 Å². The maximum absolute atomic E-state index is 5.86. The second-order valence-electron chi connectivity index (χ2n) is 8.58. The Labute approximate surface area is 198 Å². The van der Waals surface area contributed by atoms with Crippen LogP contribution in [0.25, 0.3) is 26.1 Å². The van der Waals surface area contributed by atoms with Gasteiger partial charge >= 0.3 is 0 Å². The summed E-state index contributed by atoms with van der Waals surface area (Å²) >= 11 is 1.91. The molecule has 0 saturated heterocycles. The molecule has 0 fully saturated rings. The number of benzene rings is 3. The predicted molar refractivity (Wildman–Crippen MR) is 142 cm³/mol. The molecule has 0 saturated carbocycles. The molecule has 3 N–H and O–H groups in total. The highest BCUT2D eigenvalue weighted by Gasteiger charge is 2.54. The van der Waals surface area contributed by atoms with Gasteiger partial charge in [-0.25, -0.2) is 0 Å². The van der Waals surface area contributed by atoms with Gasteiger partial charge < -0.3 is 11.1 Å². The summed E-state index contributed by atoms with van der Waals surface area (Å²) in [6, 6.07) is 26.7. The second kappa shape index (κ2) is 7.67. The van der Waals surface area contributed by atoms with Crippen molar-refractivity contribution in [3.8, 4) is 10.4 Å². The molecule has 0 radical (unpaired) electrons. The molecule has 1 aromatic heterocycles. The van der Waals surface area contributed by atoms with E-state index in [0.29, 0.717) is 6.67 Å². The summed E-state index contributed by atoms with van der Waals surface area (Å²) in [7, 11) is 0. The second-order valence-corrected chi connectivity index (χ2v) is 9.63. The molecule has 0 bridgehead atoms. The molecule has 162 valence electrons. The van der Waals surface area contributed by atoms with Crippen LogP contribution in [0.15, 0.2) is 103 Å². The number of nitrogens with two attached hydrogens (primary N) is 1. The molecule has 6 rings (SSSR count). The van der Waals surface area contributed by atoms with Gasteiger partial charge in [-0.2, -0.15) is 0 Å². The number of hydrogen-bond donors (Lipinski definition) is 2. The summed E-state index contributed by atoms with van der Waals surface area (Å²) in [6.45, 7) is 7.57. The lowest BCUT2D eigenvalue weighted by Crippen LogP contribution is -2.32. The fourth-order valence-corrected chi connectivity index (χ4v) is 7.27. The first-order valence-electron chi connectivity index (χ1n) is 11.4. The largest absolute Gasteiger partial charge is 0.318 e. The van der Waals surface area contributed by atoms with Crippen LogP contribution in [0.2, 0.25) is 0 Å². The van der Waals surface area contributed by atoms with Gasteiger partial charge in [0.2, 0.25) is 0 Å². The minimum Gasteiger partial charge on any atom is -0.318 e. The minimum absolute atomic E-state index is 0.371. The average Bonchev–Trinajstić information content (AvgIpc) is 3.48. The quantitative estimate of drug-likeness (QED) is 0.338. The van der Waals surface area contributed by atoms with Crippen molar-refractivity contribution in [1.29, 1.82) is 0 Å². The summed E-state index contributed by atoms with van der Waals surface area (Å²) in [6.07, 6.45) is 4.29. The molecule has 1 heterocycles. The van der Waals surface area contributed by atoms with Crippen molar-refractivity contribution in [2.24, 2.45) is 5.73 Å². The van der Waals surface area contributed by atoms with Crippen LogP contribution in [-0.4, -0.2) is 13.2 Å². The van der Waals surface area contributed by atoms with Crippen molar-refractivity contribution in [3.63, 3.8) is 0 Å². The van der Waals surface area contributed by atoms with Crippen molar-refractivity contribution in [1.82, 2.24) is 5.32 Å². The third-order valence-corrected chi connectivity index (χ3v) is 8.35. The van der Waals surface area contributed by atoms with E-state index in [2.05, 4.69) is 97.7 Å². The van der Waals surface area contributed by atoms with Gasteiger partial charge in [0.15, 0.2) is 0 Å². The maximum atomic E-state index is 5.86. The lowest BCUT2D eigenvalue weighted by Gasteiger charge is -2.34. The summed E-state index contributed by atoms with van der Waals surface area (Å²) < 4.78 is 1.34. The molecular formula is C30H26N2S. The molecule has 2 aliphatic rings. The number of rotatable bonds is 5. The summed E-state index contributed by atoms with van der Waals surface area (Å²) in [5.74, 6) is 0. The van der Waals surface area contributed by atoms with Crippen molar-refractivity contribution in [3.05, 3.63) is 125 Å². The van der Waals surface area contributed by atoms with E-state index in [0.717, 1.165) is 6.54 Å². The first-order chi connectivity index (χ1) is 16.3. The van der Waals surface area contributed by atoms with E-state index in [1.165, 1.54) is 59.5 Å². The zero-order chi connectivity index (χ0) is 22.6. The maximum Gasteiger partial charge on any atom is 0.0743 e. The van der Waals surface area contributed by atoms with Gasteiger partial charge in [0.05, 0.1) is 5.41 Å². The monoisotopic (exact) mass is 446 g/mol. The zero-order valence-electron chi connectivity index (χ0n) is 18.7. The smallest absolute Gasteiger partial charge is 0.0743 e. The van der Waals surface area contributed by atoms with Crippen LogP contribution in [0.5, 0.6) is 0 Å². The van der Waals surface area contributed by atoms with E-state index < -0.39 is 0 Å². The minimum atomic E-state index is -0.371. The first kappa shape index (κ1) is 20.4. The van der Waals surface area contributed by atoms with Gasteiger partial charge in [0, 0.05) is 22.8 Å². The molecule has 33 heavy (non-hydrogen) atoms. The molecule has 1 atom stereocenters. The van der Waals surface area contributed by atoms with Crippen LogP contribution in [0.3, 0.4) is 0 Å². The van der Waals surface area contributed by atoms with Crippen molar-refractivity contribution in [2.45, 2.75) is 12.3 Å². The van der Waals surface area contributed by atoms with Gasteiger partial charge in [-0.1, -0.05) is 85.5 Å². The molecule has 2 nitrogen and oxygen atoms in total. The van der Waals surface area contributed by atoms with Gasteiger partial charge in [-0.15, -0.1) is 11.3 Å². The van der Waals surface area contributed by atoms with Gasteiger partial charge in [0.1, 0.15) is 0 Å². The summed E-state index contributed by atoms with van der Waals surface area (Å²) in [5.41, 5.74) is 16.0. The normalized spacial score (nSPS) is 18.7. The Morgan fingerprint density at radius 2 is 1.64 bits per heavy atom. The third-order valence-electron chi connectivity index (χ3n) is 7.15. The van der Waals surface area contributed by atoms with Gasteiger partial charge in [0.25, 0.3) is 0 Å². The number of thiophene rings is 1. The number of hydrogen-bond acceptors (Lipinski definition) is 3. The van der Waals surface area contributed by atoms with Crippen LogP contribution in [0, 0.1) is 0 Å². The Kier molecular flexibility index (Phi) is 4.73. The topological polar surface area (TPSA) is 38.0 Å². The Morgan fingerprint density at radius 3 is 2.36 bits per heavy atom. The third kappa shape index (κ3) is 2.56. The molecule has 2 aliphatic carbocycles. The highest BCUT2D eigenvalue weighted by molar-refractivity contribution is 7.22. The molecular weight excluding hydrogens is 420 g/mol. The molecule has 4 aromatic rings. The first-order valence-corrected chi connectivity index (χ1v) is 12.2. The lowest BCUT2D eigenvalue weighted by atomic mass is 9.67. The SMILES string of the molecule is C=CC1=C(/C(=C\C)CNCN)C2(c3ccccc31)c1ccccc1-c1sc3ccccc3c12. The van der Waals surface area contributed by atoms with E-state index in [4.69, 9.17) is 5.73 Å². The average molecular weight is 447 g/mol. The Morgan fingerprint density at radius 1 is 0.970 bits per heavy atom. The predicted octanol–water partition coefficient (Wildman–Crippen LogP) is 6.62. The van der Waals surface area contributed by atoms with Crippen LogP contribution in [0.4, 0.5) is 0 Å². The number of nitrogens with one attached hydrogen (secondary N) is 1. The van der Waals surface area contributed by atoms with E-state index in [1.54, 1.807) is 0 Å². The van der Waals surface area contributed by atoms with E-state index >= 15 is 0 Å². The highest BCUT2D eigenvalue weighted by atomic mass is 32.1. The highest BCUT2D eigenvalue weighted by Crippen LogP contribution is 2.66. The van der Waals surface area contributed by atoms with Crippen molar-refractivity contribution < 1.29 is 0 Å². The fourth-order valence-electron chi connectivity index (χ4n) is 5.97. The van der Waals surface area contributed by atoms with E-state index in [9.17, 15) is 0 Å². The Balaban J connectivity index is 1.83. The zero-order valence-corrected chi connectivity index (χ0v) is 19.5. The summed E-state index contributed by atoms with van der Waals surface area (Å²) in [5, 5.41) is 4.72. The number of allylic oxidation sites excluding steroid dienone is 3. The molecule has 3 heteroatoms. The van der Waals surface area contributed by atoms with Gasteiger partial charge in [-0.05, 0) is 62.9 Å². The van der Waals surface area contributed by atoms with Crippen molar-refractivity contribution >= 4 is 27.0 Å². The molecule has 1 spiro atoms. The molecule has 1 unspecified atom stereocenters.